The molecule has 6 heteroatoms. The van der Waals surface area contributed by atoms with Crippen LogP contribution in [-0.2, 0) is 0 Å². The van der Waals surface area contributed by atoms with Gasteiger partial charge in [0.2, 0.25) is 0 Å². The number of rotatable bonds is 3. The van der Waals surface area contributed by atoms with Gasteiger partial charge in [0.15, 0.2) is 0 Å². The highest BCUT2D eigenvalue weighted by Gasteiger charge is 2.42. The lowest BCUT2D eigenvalue weighted by atomic mass is 9.95. The van der Waals surface area contributed by atoms with Crippen molar-refractivity contribution in [1.82, 2.24) is 0 Å². The Morgan fingerprint density at radius 1 is 1.38 bits per heavy atom. The second kappa shape index (κ2) is 6.13. The largest absolute Gasteiger partial charge is 0.496 e. The summed E-state index contributed by atoms with van der Waals surface area (Å²) in [6.07, 6.45) is -4.33. The number of methoxy groups -OCH3 is 1. The van der Waals surface area contributed by atoms with Gasteiger partial charge in [0.25, 0.3) is 0 Å². The Hall–Kier alpha value is -1.43. The van der Waals surface area contributed by atoms with E-state index in [1.54, 1.807) is 30.0 Å². The number of ether oxygens (including phenoxy) is 1. The number of aliphatic hydroxyl groups is 1. The van der Waals surface area contributed by atoms with Gasteiger partial charge in [0, 0.05) is 24.3 Å². The zero-order valence-corrected chi connectivity index (χ0v) is 12.2. The number of halogens is 3. The van der Waals surface area contributed by atoms with Crippen molar-refractivity contribution in [2.45, 2.75) is 32.0 Å². The van der Waals surface area contributed by atoms with Gasteiger partial charge in [-0.3, -0.25) is 0 Å². The summed E-state index contributed by atoms with van der Waals surface area (Å²) >= 11 is 0. The van der Waals surface area contributed by atoms with Crippen molar-refractivity contribution in [3.05, 3.63) is 23.8 Å². The molecule has 1 heterocycles. The van der Waals surface area contributed by atoms with E-state index in [2.05, 4.69) is 0 Å². The Balaban J connectivity index is 2.33. The fourth-order valence-corrected chi connectivity index (χ4v) is 2.87. The summed E-state index contributed by atoms with van der Waals surface area (Å²) in [6, 6.07) is 5.18. The van der Waals surface area contributed by atoms with Crippen molar-refractivity contribution in [1.29, 1.82) is 0 Å². The van der Waals surface area contributed by atoms with Crippen molar-refractivity contribution in [2.75, 3.05) is 25.1 Å². The van der Waals surface area contributed by atoms with Gasteiger partial charge in [-0.05, 0) is 31.9 Å². The summed E-state index contributed by atoms with van der Waals surface area (Å²) in [4.78, 5) is 1.70. The number of anilines is 1. The highest BCUT2D eigenvalue weighted by molar-refractivity contribution is 5.60. The third-order valence-electron chi connectivity index (χ3n) is 3.91. The molecular formula is C15H20F3NO2. The maximum atomic E-state index is 12.9. The first-order valence-electron chi connectivity index (χ1n) is 7.01. The van der Waals surface area contributed by atoms with Crippen LogP contribution in [0.5, 0.6) is 5.75 Å². The van der Waals surface area contributed by atoms with E-state index < -0.39 is 18.2 Å². The number of piperidine rings is 1. The van der Waals surface area contributed by atoms with Crippen LogP contribution in [0.4, 0.5) is 18.9 Å². The Bertz CT molecular complexity index is 488. The molecule has 21 heavy (non-hydrogen) atoms. The predicted octanol–water partition coefficient (Wildman–Crippen LogP) is 3.53. The minimum atomic E-state index is -4.18. The van der Waals surface area contributed by atoms with E-state index in [0.29, 0.717) is 30.0 Å². The number of nitrogens with zero attached hydrogens (tertiary/aromatic N) is 1. The molecule has 2 atom stereocenters. The number of aliphatic hydroxyl groups excluding tert-OH is 1. The summed E-state index contributed by atoms with van der Waals surface area (Å²) in [7, 11) is 1.49. The van der Waals surface area contributed by atoms with E-state index in [9.17, 15) is 18.3 Å². The highest BCUT2D eigenvalue weighted by atomic mass is 19.4. The van der Waals surface area contributed by atoms with Gasteiger partial charge in [-0.2, -0.15) is 13.2 Å². The maximum Gasteiger partial charge on any atom is 0.393 e. The molecule has 2 unspecified atom stereocenters. The molecule has 1 aliphatic rings. The molecule has 0 saturated carbocycles. The molecule has 1 aromatic rings. The lowest BCUT2D eigenvalue weighted by molar-refractivity contribution is -0.176. The molecule has 3 nitrogen and oxygen atoms in total. The van der Waals surface area contributed by atoms with Crippen LogP contribution >= 0.6 is 0 Å². The number of benzene rings is 1. The molecule has 1 saturated heterocycles. The van der Waals surface area contributed by atoms with Crippen LogP contribution in [0.1, 0.15) is 31.4 Å². The van der Waals surface area contributed by atoms with Crippen LogP contribution in [0.3, 0.4) is 0 Å². The smallest absolute Gasteiger partial charge is 0.393 e. The lowest BCUT2D eigenvalue weighted by Gasteiger charge is -2.36. The first-order valence-corrected chi connectivity index (χ1v) is 7.01. The van der Waals surface area contributed by atoms with Gasteiger partial charge >= 0.3 is 6.18 Å². The molecule has 1 fully saturated rings. The maximum absolute atomic E-state index is 12.9. The Morgan fingerprint density at radius 2 is 2.10 bits per heavy atom. The minimum Gasteiger partial charge on any atom is -0.496 e. The van der Waals surface area contributed by atoms with Crippen LogP contribution in [0.2, 0.25) is 0 Å². The third-order valence-corrected chi connectivity index (χ3v) is 3.91. The highest BCUT2D eigenvalue weighted by Crippen LogP contribution is 2.39. The van der Waals surface area contributed by atoms with Crippen LogP contribution in [0.25, 0.3) is 0 Å². The van der Waals surface area contributed by atoms with Crippen LogP contribution in [-0.4, -0.2) is 31.5 Å². The van der Waals surface area contributed by atoms with Gasteiger partial charge in [-0.25, -0.2) is 0 Å². The average Bonchev–Trinajstić information content (AvgIpc) is 2.45. The quantitative estimate of drug-likeness (QED) is 0.927. The van der Waals surface area contributed by atoms with Crippen molar-refractivity contribution in [2.24, 2.45) is 5.92 Å². The lowest BCUT2D eigenvalue weighted by Crippen LogP contribution is -2.42. The standard InChI is InChI=1S/C15H20F3NO2/c1-10(20)14-12(6-3-7-13(14)21-2)19-8-4-5-11(9-19)15(16,17)18/h3,6-7,10-11,20H,4-5,8-9H2,1-2H3. The average molecular weight is 303 g/mol. The molecule has 0 aliphatic carbocycles. The minimum absolute atomic E-state index is 0.0730. The first-order chi connectivity index (χ1) is 9.84. The summed E-state index contributed by atoms with van der Waals surface area (Å²) in [6.45, 7) is 2.07. The molecule has 0 radical (unpaired) electrons. The molecule has 0 amide bonds. The van der Waals surface area contributed by atoms with E-state index in [-0.39, 0.29) is 13.0 Å². The van der Waals surface area contributed by atoms with Crippen LogP contribution in [0, 0.1) is 5.92 Å². The predicted molar refractivity (Wildman–Crippen MR) is 74.6 cm³/mol. The monoisotopic (exact) mass is 303 g/mol. The topological polar surface area (TPSA) is 32.7 Å². The van der Waals surface area contributed by atoms with Gasteiger partial charge in [0.05, 0.1) is 19.1 Å². The Labute approximate surface area is 122 Å². The SMILES string of the molecule is COc1cccc(N2CCCC(C(F)(F)F)C2)c1C(C)O. The zero-order chi connectivity index (χ0) is 15.6. The van der Waals surface area contributed by atoms with Crippen molar-refractivity contribution >= 4 is 5.69 Å². The van der Waals surface area contributed by atoms with E-state index in [1.807, 2.05) is 0 Å². The van der Waals surface area contributed by atoms with Crippen LogP contribution in [0.15, 0.2) is 18.2 Å². The van der Waals surface area contributed by atoms with Crippen molar-refractivity contribution in [3.63, 3.8) is 0 Å². The fourth-order valence-electron chi connectivity index (χ4n) is 2.87. The Kier molecular flexibility index (Phi) is 4.66. The van der Waals surface area contributed by atoms with Gasteiger partial charge in [-0.15, -0.1) is 0 Å². The van der Waals surface area contributed by atoms with Gasteiger partial charge in [-0.1, -0.05) is 6.07 Å². The normalized spacial score (nSPS) is 21.2. The van der Waals surface area contributed by atoms with Gasteiger partial charge < -0.3 is 14.7 Å². The van der Waals surface area contributed by atoms with Crippen molar-refractivity contribution < 1.29 is 23.0 Å². The number of hydrogen-bond acceptors (Lipinski definition) is 3. The summed E-state index contributed by atoms with van der Waals surface area (Å²) in [5.41, 5.74) is 1.17. The number of alkyl halides is 3. The Morgan fingerprint density at radius 3 is 2.67 bits per heavy atom. The molecule has 0 bridgehead atoms. The summed E-state index contributed by atoms with van der Waals surface area (Å²) in [5, 5.41) is 9.94. The first kappa shape index (κ1) is 15.9. The zero-order valence-electron chi connectivity index (χ0n) is 12.2. The van der Waals surface area contributed by atoms with Crippen molar-refractivity contribution in [3.8, 4) is 5.75 Å². The molecule has 1 aromatic carbocycles. The van der Waals surface area contributed by atoms with E-state index >= 15 is 0 Å². The second-order valence-electron chi connectivity index (χ2n) is 5.40. The summed E-state index contributed by atoms with van der Waals surface area (Å²) in [5.74, 6) is -0.823. The molecular weight excluding hydrogens is 283 g/mol. The summed E-state index contributed by atoms with van der Waals surface area (Å²) < 4.78 is 44.0. The fraction of sp³-hybridized carbons (Fsp3) is 0.600. The van der Waals surface area contributed by atoms with E-state index in [4.69, 9.17) is 4.74 Å². The molecule has 2 rings (SSSR count). The van der Waals surface area contributed by atoms with Crippen LogP contribution < -0.4 is 9.64 Å². The third kappa shape index (κ3) is 3.43. The second-order valence-corrected chi connectivity index (χ2v) is 5.40. The van der Waals surface area contributed by atoms with E-state index in [1.165, 1.54) is 7.11 Å². The molecule has 118 valence electrons. The molecule has 1 aliphatic heterocycles. The van der Waals surface area contributed by atoms with E-state index in [0.717, 1.165) is 0 Å². The number of hydrogen-bond donors (Lipinski definition) is 1. The van der Waals surface area contributed by atoms with Gasteiger partial charge in [0.1, 0.15) is 5.75 Å². The molecule has 1 N–H and O–H groups in total. The molecule has 0 aromatic heterocycles. The molecule has 0 spiro atoms.